The molecule has 1 heterocycles. The summed E-state index contributed by atoms with van der Waals surface area (Å²) in [5.74, 6) is 0. The van der Waals surface area contributed by atoms with Gasteiger partial charge in [0, 0.05) is 12.6 Å². The van der Waals surface area contributed by atoms with Crippen molar-refractivity contribution in [1.29, 1.82) is 0 Å². The van der Waals surface area contributed by atoms with Gasteiger partial charge in [0.15, 0.2) is 0 Å². The topological polar surface area (TPSA) is 72.2 Å². The van der Waals surface area contributed by atoms with Crippen LogP contribution < -0.4 is 10.5 Å². The van der Waals surface area contributed by atoms with Crippen molar-refractivity contribution < 1.29 is 8.42 Å². The molecular weight excluding hydrogens is 304 g/mol. The first-order chi connectivity index (χ1) is 10.0. The molecule has 114 valence electrons. The lowest BCUT2D eigenvalue weighted by Gasteiger charge is -2.12. The molecule has 0 radical (unpaired) electrons. The molecule has 0 fully saturated rings. The predicted octanol–water partition coefficient (Wildman–Crippen LogP) is 2.68. The number of nitrogens with two attached hydrogens (primary N) is 1. The number of thiophene rings is 1. The van der Waals surface area contributed by atoms with E-state index < -0.39 is 10.0 Å². The molecule has 0 aliphatic heterocycles. The van der Waals surface area contributed by atoms with Crippen LogP contribution in [-0.4, -0.2) is 15.0 Å². The third kappa shape index (κ3) is 4.38. The van der Waals surface area contributed by atoms with Crippen molar-refractivity contribution in [2.75, 3.05) is 6.54 Å². The molecule has 2 aromatic rings. The van der Waals surface area contributed by atoms with Gasteiger partial charge in [0.2, 0.25) is 10.0 Å². The van der Waals surface area contributed by atoms with Crippen LogP contribution in [0.4, 0.5) is 0 Å². The Bertz CT molecular complexity index is 667. The van der Waals surface area contributed by atoms with Crippen LogP contribution in [0, 0.1) is 0 Å². The van der Waals surface area contributed by atoms with E-state index in [0.29, 0.717) is 13.0 Å². The predicted molar refractivity (Wildman–Crippen MR) is 86.9 cm³/mol. The van der Waals surface area contributed by atoms with Gasteiger partial charge in [-0.3, -0.25) is 0 Å². The highest BCUT2D eigenvalue weighted by molar-refractivity contribution is 7.89. The molecule has 0 amide bonds. The van der Waals surface area contributed by atoms with Gasteiger partial charge in [-0.15, -0.1) is 0 Å². The van der Waals surface area contributed by atoms with Crippen molar-refractivity contribution in [2.45, 2.75) is 30.7 Å². The van der Waals surface area contributed by atoms with Gasteiger partial charge < -0.3 is 5.73 Å². The van der Waals surface area contributed by atoms with Crippen molar-refractivity contribution in [2.24, 2.45) is 5.73 Å². The summed E-state index contributed by atoms with van der Waals surface area (Å²) in [6, 6.07) is 8.71. The minimum Gasteiger partial charge on any atom is -0.324 e. The molecule has 0 aliphatic rings. The maximum absolute atomic E-state index is 12.3. The number of nitrogens with one attached hydrogen (secondary N) is 1. The van der Waals surface area contributed by atoms with Crippen LogP contribution in [0.1, 0.15) is 30.5 Å². The summed E-state index contributed by atoms with van der Waals surface area (Å²) in [4.78, 5) is 0.272. The van der Waals surface area contributed by atoms with Crippen LogP contribution >= 0.6 is 11.3 Å². The van der Waals surface area contributed by atoms with E-state index in [-0.39, 0.29) is 10.9 Å². The maximum Gasteiger partial charge on any atom is 0.240 e. The third-order valence-electron chi connectivity index (χ3n) is 3.32. The summed E-state index contributed by atoms with van der Waals surface area (Å²) in [6.07, 6.45) is 1.46. The van der Waals surface area contributed by atoms with Gasteiger partial charge in [-0.1, -0.05) is 19.1 Å². The van der Waals surface area contributed by atoms with Gasteiger partial charge in [-0.25, -0.2) is 13.1 Å². The van der Waals surface area contributed by atoms with Gasteiger partial charge in [-0.2, -0.15) is 11.3 Å². The number of rotatable bonds is 7. The lowest BCUT2D eigenvalue weighted by Crippen LogP contribution is -2.26. The highest BCUT2D eigenvalue weighted by Crippen LogP contribution is 2.18. The van der Waals surface area contributed by atoms with Gasteiger partial charge in [0.1, 0.15) is 0 Å². The van der Waals surface area contributed by atoms with E-state index >= 15 is 0 Å². The fourth-order valence-electron chi connectivity index (χ4n) is 2.00. The lowest BCUT2D eigenvalue weighted by molar-refractivity contribution is 0.581. The molecule has 6 heteroatoms. The molecule has 4 nitrogen and oxygen atoms in total. The summed E-state index contributed by atoms with van der Waals surface area (Å²) in [6.45, 7) is 2.37. The van der Waals surface area contributed by atoms with Crippen LogP contribution in [0.15, 0.2) is 46.0 Å². The van der Waals surface area contributed by atoms with E-state index in [0.717, 1.165) is 17.5 Å². The molecule has 21 heavy (non-hydrogen) atoms. The van der Waals surface area contributed by atoms with E-state index in [4.69, 9.17) is 5.73 Å². The van der Waals surface area contributed by atoms with Crippen LogP contribution in [0.5, 0.6) is 0 Å². The Morgan fingerprint density at radius 2 is 2.14 bits per heavy atom. The van der Waals surface area contributed by atoms with Crippen molar-refractivity contribution in [3.63, 3.8) is 0 Å². The summed E-state index contributed by atoms with van der Waals surface area (Å²) < 4.78 is 27.2. The molecule has 1 atom stereocenters. The first-order valence-electron chi connectivity index (χ1n) is 6.89. The molecule has 0 spiro atoms. The Morgan fingerprint density at radius 1 is 1.33 bits per heavy atom. The molecular formula is C15H20N2O2S2. The van der Waals surface area contributed by atoms with E-state index in [1.54, 1.807) is 29.5 Å². The van der Waals surface area contributed by atoms with Crippen LogP contribution in [-0.2, 0) is 16.4 Å². The number of hydrogen-bond acceptors (Lipinski definition) is 4. The lowest BCUT2D eigenvalue weighted by atomic mass is 10.1. The fraction of sp³-hybridized carbons (Fsp3) is 0.333. The Balaban J connectivity index is 2.05. The summed E-state index contributed by atoms with van der Waals surface area (Å²) in [5.41, 5.74) is 7.95. The quantitative estimate of drug-likeness (QED) is 0.822. The molecule has 3 N–H and O–H groups in total. The first kappa shape index (κ1) is 16.2. The van der Waals surface area contributed by atoms with Gasteiger partial charge >= 0.3 is 0 Å². The van der Waals surface area contributed by atoms with E-state index in [9.17, 15) is 8.42 Å². The largest absolute Gasteiger partial charge is 0.324 e. The van der Waals surface area contributed by atoms with Crippen molar-refractivity contribution >= 4 is 21.4 Å². The zero-order valence-electron chi connectivity index (χ0n) is 12.0. The monoisotopic (exact) mass is 324 g/mol. The standard InChI is InChI=1S/C15H20N2O2S2/c1-2-15(16)13-4-3-5-14(10-13)21(18,19)17-8-6-12-7-9-20-11-12/h3-5,7,9-11,15,17H,2,6,8,16H2,1H3. The molecule has 1 unspecified atom stereocenters. The molecule has 0 bridgehead atoms. The number of benzene rings is 1. The smallest absolute Gasteiger partial charge is 0.240 e. The van der Waals surface area contributed by atoms with Crippen molar-refractivity contribution in [3.05, 3.63) is 52.2 Å². The van der Waals surface area contributed by atoms with Crippen molar-refractivity contribution in [3.8, 4) is 0 Å². The average Bonchev–Trinajstić information content (AvgIpc) is 2.99. The van der Waals surface area contributed by atoms with Gasteiger partial charge in [0.25, 0.3) is 0 Å². The van der Waals surface area contributed by atoms with Crippen LogP contribution in [0.3, 0.4) is 0 Å². The Hall–Kier alpha value is -1.21. The summed E-state index contributed by atoms with van der Waals surface area (Å²) in [5, 5.41) is 4.01. The zero-order valence-corrected chi connectivity index (χ0v) is 13.6. The molecule has 1 aromatic heterocycles. The van der Waals surface area contributed by atoms with Crippen LogP contribution in [0.2, 0.25) is 0 Å². The molecule has 1 aromatic carbocycles. The zero-order chi connectivity index (χ0) is 15.3. The minimum absolute atomic E-state index is 0.133. The minimum atomic E-state index is -3.48. The third-order valence-corrected chi connectivity index (χ3v) is 5.51. The van der Waals surface area contributed by atoms with Crippen molar-refractivity contribution in [1.82, 2.24) is 4.72 Å². The summed E-state index contributed by atoms with van der Waals surface area (Å²) in [7, 11) is -3.48. The maximum atomic E-state index is 12.3. The first-order valence-corrected chi connectivity index (χ1v) is 9.32. The second-order valence-electron chi connectivity index (χ2n) is 4.87. The molecule has 2 rings (SSSR count). The number of sulfonamides is 1. The van der Waals surface area contributed by atoms with E-state index in [2.05, 4.69) is 4.72 Å². The SMILES string of the molecule is CCC(N)c1cccc(S(=O)(=O)NCCc2ccsc2)c1. The number of hydrogen-bond donors (Lipinski definition) is 2. The van der Waals surface area contributed by atoms with Crippen LogP contribution in [0.25, 0.3) is 0 Å². The Morgan fingerprint density at radius 3 is 2.81 bits per heavy atom. The second-order valence-corrected chi connectivity index (χ2v) is 7.41. The second kappa shape index (κ2) is 7.17. The summed E-state index contributed by atoms with van der Waals surface area (Å²) >= 11 is 1.61. The fourth-order valence-corrected chi connectivity index (χ4v) is 3.79. The highest BCUT2D eigenvalue weighted by atomic mass is 32.2. The Labute approximate surface area is 130 Å². The van der Waals surface area contributed by atoms with Gasteiger partial charge in [0.05, 0.1) is 4.90 Å². The van der Waals surface area contributed by atoms with E-state index in [1.807, 2.05) is 29.8 Å². The van der Waals surface area contributed by atoms with Gasteiger partial charge in [-0.05, 0) is 52.9 Å². The molecule has 0 saturated carbocycles. The molecule has 0 aliphatic carbocycles. The normalized spacial score (nSPS) is 13.2. The van der Waals surface area contributed by atoms with E-state index in [1.165, 1.54) is 0 Å². The highest BCUT2D eigenvalue weighted by Gasteiger charge is 2.15. The Kier molecular flexibility index (Phi) is 5.52. The molecule has 0 saturated heterocycles. The average molecular weight is 324 g/mol.